The van der Waals surface area contributed by atoms with Crippen LogP contribution in [0.2, 0.25) is 0 Å². The fourth-order valence-electron chi connectivity index (χ4n) is 4.44. The molecular formula is C20H26F2N6O2S. The number of nitrogens with one attached hydrogen (secondary N) is 4. The topological polar surface area (TPSA) is 90.6 Å². The predicted octanol–water partition coefficient (Wildman–Crippen LogP) is 0.628. The van der Waals surface area contributed by atoms with Gasteiger partial charge in [-0.3, -0.25) is 20.3 Å². The second kappa shape index (κ2) is 8.64. The summed E-state index contributed by atoms with van der Waals surface area (Å²) in [6.45, 7) is 2.64. The van der Waals surface area contributed by atoms with Gasteiger partial charge in [0, 0.05) is 32.1 Å². The van der Waals surface area contributed by atoms with Crippen molar-refractivity contribution in [3.05, 3.63) is 29.3 Å². The summed E-state index contributed by atoms with van der Waals surface area (Å²) >= 11 is 1.46. The number of halogens is 2. The number of hydrogen-bond acceptors (Lipinski definition) is 8. The van der Waals surface area contributed by atoms with Gasteiger partial charge in [-0.2, -0.15) is 0 Å². The lowest BCUT2D eigenvalue weighted by Gasteiger charge is -2.44. The number of fused-ring (bicyclic) bond motifs is 1. The highest BCUT2D eigenvalue weighted by Gasteiger charge is 2.44. The quantitative estimate of drug-likeness (QED) is 0.541. The van der Waals surface area contributed by atoms with Crippen molar-refractivity contribution < 1.29 is 18.3 Å². The number of carbonyl (C=O) groups is 1. The molecule has 0 radical (unpaired) electrons. The molecule has 3 unspecified atom stereocenters. The first kappa shape index (κ1) is 21.1. The van der Waals surface area contributed by atoms with E-state index in [0.717, 1.165) is 10.2 Å². The van der Waals surface area contributed by atoms with E-state index in [4.69, 9.17) is 4.74 Å². The van der Waals surface area contributed by atoms with Crippen LogP contribution in [0.4, 0.5) is 8.78 Å². The highest BCUT2D eigenvalue weighted by molar-refractivity contribution is 7.18. The summed E-state index contributed by atoms with van der Waals surface area (Å²) in [4.78, 5) is 20.0. The molecule has 168 valence electrons. The molecule has 2 aromatic rings. The molecule has 1 amide bonds. The lowest BCUT2D eigenvalue weighted by Crippen LogP contribution is -2.72. The minimum atomic E-state index is -2.78. The number of ether oxygens (including phenoxy) is 1. The number of carbonyl (C=O) groups excluding carboxylic acids is 1. The largest absolute Gasteiger partial charge is 0.379 e. The van der Waals surface area contributed by atoms with Crippen LogP contribution in [0.5, 0.6) is 0 Å². The third-order valence-electron chi connectivity index (χ3n) is 5.95. The second-order valence-corrected chi connectivity index (χ2v) is 9.32. The lowest BCUT2D eigenvalue weighted by molar-refractivity contribution is -0.131. The molecule has 3 aliphatic rings. The van der Waals surface area contributed by atoms with E-state index in [1.165, 1.54) is 11.3 Å². The number of aromatic nitrogens is 1. The number of thiazole rings is 1. The molecule has 0 bridgehead atoms. The van der Waals surface area contributed by atoms with Crippen LogP contribution in [0.15, 0.2) is 24.3 Å². The van der Waals surface area contributed by atoms with Gasteiger partial charge in [0.1, 0.15) is 17.2 Å². The van der Waals surface area contributed by atoms with Crippen LogP contribution in [-0.4, -0.2) is 79.6 Å². The Labute approximate surface area is 182 Å². The van der Waals surface area contributed by atoms with Gasteiger partial charge in [-0.1, -0.05) is 12.1 Å². The Morgan fingerprint density at radius 3 is 2.84 bits per heavy atom. The summed E-state index contributed by atoms with van der Waals surface area (Å²) in [5, 5.41) is 13.3. The van der Waals surface area contributed by atoms with E-state index in [2.05, 4.69) is 31.2 Å². The zero-order valence-corrected chi connectivity index (χ0v) is 17.8. The molecule has 4 heterocycles. The SMILES string of the molecule is O=C1NC(N2CCOCC2)NC(N[C@H]2CNCC(F)(F)C2)C1c1nc2ccccc2s1. The number of amides is 1. The van der Waals surface area contributed by atoms with Crippen molar-refractivity contribution in [3.63, 3.8) is 0 Å². The summed E-state index contributed by atoms with van der Waals surface area (Å²) in [6.07, 6.45) is -1.19. The van der Waals surface area contributed by atoms with Crippen LogP contribution >= 0.6 is 11.3 Å². The minimum Gasteiger partial charge on any atom is -0.379 e. The molecule has 1 aromatic carbocycles. The van der Waals surface area contributed by atoms with Gasteiger partial charge >= 0.3 is 0 Å². The second-order valence-electron chi connectivity index (χ2n) is 8.26. The maximum absolute atomic E-state index is 14.0. The maximum atomic E-state index is 14.0. The molecular weight excluding hydrogens is 426 g/mol. The monoisotopic (exact) mass is 452 g/mol. The molecule has 0 spiro atoms. The third kappa shape index (κ3) is 4.57. The molecule has 4 atom stereocenters. The third-order valence-corrected chi connectivity index (χ3v) is 7.07. The predicted molar refractivity (Wildman–Crippen MR) is 113 cm³/mol. The highest BCUT2D eigenvalue weighted by Crippen LogP contribution is 2.32. The lowest BCUT2D eigenvalue weighted by atomic mass is 9.99. The Bertz CT molecular complexity index is 904. The van der Waals surface area contributed by atoms with Crippen molar-refractivity contribution in [3.8, 4) is 0 Å². The van der Waals surface area contributed by atoms with Crippen molar-refractivity contribution in [2.24, 2.45) is 0 Å². The average Bonchev–Trinajstić information content (AvgIpc) is 3.17. The summed E-state index contributed by atoms with van der Waals surface area (Å²) in [5.41, 5.74) is 0.829. The van der Waals surface area contributed by atoms with Crippen LogP contribution in [-0.2, 0) is 9.53 Å². The van der Waals surface area contributed by atoms with Gasteiger partial charge in [0.25, 0.3) is 5.92 Å². The Morgan fingerprint density at radius 1 is 1.26 bits per heavy atom. The van der Waals surface area contributed by atoms with Gasteiger partial charge in [-0.15, -0.1) is 11.3 Å². The van der Waals surface area contributed by atoms with Crippen molar-refractivity contribution >= 4 is 27.5 Å². The number of morpholine rings is 1. The van der Waals surface area contributed by atoms with Crippen LogP contribution in [0.1, 0.15) is 17.3 Å². The number of nitrogens with zero attached hydrogens (tertiary/aromatic N) is 2. The molecule has 5 rings (SSSR count). The first-order chi connectivity index (χ1) is 15.0. The molecule has 0 aliphatic carbocycles. The fourth-order valence-corrected chi connectivity index (χ4v) is 5.55. The number of para-hydroxylation sites is 1. The van der Waals surface area contributed by atoms with Gasteiger partial charge in [-0.05, 0) is 12.1 Å². The molecule has 11 heteroatoms. The Hall–Kier alpha value is -1.76. The number of piperidine rings is 1. The molecule has 3 aliphatic heterocycles. The first-order valence-electron chi connectivity index (χ1n) is 10.6. The summed E-state index contributed by atoms with van der Waals surface area (Å²) in [5.74, 6) is -3.56. The van der Waals surface area contributed by atoms with Crippen molar-refractivity contribution in [1.29, 1.82) is 0 Å². The molecule has 4 N–H and O–H groups in total. The number of alkyl halides is 2. The van der Waals surface area contributed by atoms with Gasteiger partial charge in [0.15, 0.2) is 0 Å². The van der Waals surface area contributed by atoms with E-state index in [1.54, 1.807) is 0 Å². The average molecular weight is 453 g/mol. The van der Waals surface area contributed by atoms with Gasteiger partial charge < -0.3 is 15.4 Å². The molecule has 8 nitrogen and oxygen atoms in total. The summed E-state index contributed by atoms with van der Waals surface area (Å²) in [7, 11) is 0. The minimum absolute atomic E-state index is 0.165. The smallest absolute Gasteiger partial charge is 0.261 e. The Balaban J connectivity index is 1.42. The zero-order chi connectivity index (χ0) is 21.4. The van der Waals surface area contributed by atoms with E-state index in [1.807, 2.05) is 24.3 Å². The summed E-state index contributed by atoms with van der Waals surface area (Å²) in [6, 6.07) is 7.26. The van der Waals surface area contributed by atoms with E-state index in [0.29, 0.717) is 37.9 Å². The van der Waals surface area contributed by atoms with Gasteiger partial charge in [0.05, 0.1) is 36.1 Å². The standard InChI is InChI=1S/C20H26F2N6O2S/c21-20(22)9-12(10-23-11-20)24-16-15(18-25-13-3-1-2-4-14(13)31-18)17(29)27-19(26-16)28-5-7-30-8-6-28/h1-4,12,15-16,19,23-24,26H,5-11H2,(H,27,29)/t12-,15?,16?,19?/m1/s1. The molecule has 0 saturated carbocycles. The van der Waals surface area contributed by atoms with Crippen molar-refractivity contribution in [1.82, 2.24) is 31.2 Å². The normalized spacial score (nSPS) is 32.1. The highest BCUT2D eigenvalue weighted by atomic mass is 32.1. The van der Waals surface area contributed by atoms with Crippen molar-refractivity contribution in [2.45, 2.75) is 36.8 Å². The van der Waals surface area contributed by atoms with E-state index >= 15 is 0 Å². The van der Waals surface area contributed by atoms with Crippen LogP contribution < -0.4 is 21.3 Å². The van der Waals surface area contributed by atoms with Crippen LogP contribution in [0.3, 0.4) is 0 Å². The van der Waals surface area contributed by atoms with Gasteiger partial charge in [-0.25, -0.2) is 13.8 Å². The van der Waals surface area contributed by atoms with Crippen LogP contribution in [0, 0.1) is 0 Å². The molecule has 31 heavy (non-hydrogen) atoms. The maximum Gasteiger partial charge on any atom is 0.261 e. The fraction of sp³-hybridized carbons (Fsp3) is 0.600. The molecule has 1 aromatic heterocycles. The molecule has 3 fully saturated rings. The number of hydrogen-bond donors (Lipinski definition) is 4. The Morgan fingerprint density at radius 2 is 2.06 bits per heavy atom. The zero-order valence-electron chi connectivity index (χ0n) is 16.9. The Kier molecular flexibility index (Phi) is 5.88. The van der Waals surface area contributed by atoms with E-state index < -0.39 is 30.3 Å². The van der Waals surface area contributed by atoms with E-state index in [-0.39, 0.29) is 18.9 Å². The molecule has 3 saturated heterocycles. The van der Waals surface area contributed by atoms with Crippen LogP contribution in [0.25, 0.3) is 10.2 Å². The van der Waals surface area contributed by atoms with Gasteiger partial charge in [0.2, 0.25) is 5.91 Å². The number of rotatable bonds is 4. The first-order valence-corrected chi connectivity index (χ1v) is 11.4. The summed E-state index contributed by atoms with van der Waals surface area (Å²) < 4.78 is 34.4. The van der Waals surface area contributed by atoms with E-state index in [9.17, 15) is 13.6 Å². The van der Waals surface area contributed by atoms with Crippen molar-refractivity contribution in [2.75, 3.05) is 39.4 Å². The number of benzene rings is 1.